The van der Waals surface area contributed by atoms with Gasteiger partial charge in [-0.1, -0.05) is 79.2 Å². The number of allylic oxidation sites excluding steroid dienone is 3. The highest BCUT2D eigenvalue weighted by molar-refractivity contribution is 5.37. The fourth-order valence-electron chi connectivity index (χ4n) is 6.35. The third kappa shape index (κ3) is 6.16. The third-order valence-electron chi connectivity index (χ3n) is 9.33. The quantitative estimate of drug-likeness (QED) is 0.447. The van der Waals surface area contributed by atoms with Gasteiger partial charge in [0.25, 0.3) is 0 Å². The van der Waals surface area contributed by atoms with Crippen molar-refractivity contribution in [3.05, 3.63) is 35.5 Å². The molecule has 0 aromatic rings. The largest absolute Gasteiger partial charge is 0.388 e. The molecule has 1 nitrogen and oxygen atoms in total. The Balaban J connectivity index is 0.00000166. The average Bonchev–Trinajstić information content (AvgIpc) is 3.07. The summed E-state index contributed by atoms with van der Waals surface area (Å²) in [6.45, 7) is 20.4. The Morgan fingerprint density at radius 1 is 1.10 bits per heavy atom. The maximum atomic E-state index is 10.1. The predicted molar refractivity (Wildman–Crippen MR) is 137 cm³/mol. The number of aliphatic hydroxyl groups is 1. The van der Waals surface area contributed by atoms with Gasteiger partial charge in [-0.3, -0.25) is 0 Å². The van der Waals surface area contributed by atoms with Crippen LogP contribution in [0.5, 0.6) is 0 Å². The standard InChI is InChI=1S/C28H46O.C2H6/c1-20(2)27(4,5)18-9-12-24-16-17-25-23(11-8-19-28(24,25)6)15-14-22-10-7-13-26(29)21(22)3;1-2/h14-15,20,24-26,29H,3,7-13,16-19H2,1-2,4-6H3;1-2H3/b22-14-,23-15+;. The van der Waals surface area contributed by atoms with Crippen molar-refractivity contribution in [1.82, 2.24) is 0 Å². The van der Waals surface area contributed by atoms with E-state index in [9.17, 15) is 5.11 Å². The predicted octanol–water partition coefficient (Wildman–Crippen LogP) is 9.04. The summed E-state index contributed by atoms with van der Waals surface area (Å²) in [5.41, 5.74) is 4.91. The number of hydrogen-bond donors (Lipinski definition) is 1. The lowest BCUT2D eigenvalue weighted by atomic mass is 9.62. The van der Waals surface area contributed by atoms with Crippen molar-refractivity contribution in [3.63, 3.8) is 0 Å². The monoisotopic (exact) mass is 428 g/mol. The van der Waals surface area contributed by atoms with Crippen molar-refractivity contribution in [1.29, 1.82) is 0 Å². The van der Waals surface area contributed by atoms with E-state index in [1.807, 2.05) is 13.8 Å². The third-order valence-corrected chi connectivity index (χ3v) is 9.33. The van der Waals surface area contributed by atoms with E-state index in [1.165, 1.54) is 56.9 Å². The molecule has 1 heteroatoms. The van der Waals surface area contributed by atoms with Gasteiger partial charge < -0.3 is 5.11 Å². The molecule has 0 aliphatic heterocycles. The van der Waals surface area contributed by atoms with Crippen LogP contribution in [0.1, 0.15) is 119 Å². The highest BCUT2D eigenvalue weighted by atomic mass is 16.3. The van der Waals surface area contributed by atoms with Crippen molar-refractivity contribution in [3.8, 4) is 0 Å². The van der Waals surface area contributed by atoms with E-state index >= 15 is 0 Å². The highest BCUT2D eigenvalue weighted by Crippen LogP contribution is 2.58. The second kappa shape index (κ2) is 11.4. The number of fused-ring (bicyclic) bond motifs is 1. The Kier molecular flexibility index (Phi) is 9.68. The molecular formula is C30H52O. The molecule has 3 aliphatic rings. The minimum Gasteiger partial charge on any atom is -0.388 e. The Hall–Kier alpha value is -0.820. The fourth-order valence-corrected chi connectivity index (χ4v) is 6.35. The Morgan fingerprint density at radius 2 is 1.81 bits per heavy atom. The number of rotatable bonds is 6. The summed E-state index contributed by atoms with van der Waals surface area (Å²) in [6.07, 6.45) is 18.5. The molecule has 3 rings (SSSR count). The molecule has 4 unspecified atom stereocenters. The summed E-state index contributed by atoms with van der Waals surface area (Å²) >= 11 is 0. The van der Waals surface area contributed by atoms with Crippen LogP contribution in [-0.2, 0) is 0 Å². The summed E-state index contributed by atoms with van der Waals surface area (Å²) < 4.78 is 0. The molecule has 0 amide bonds. The minimum absolute atomic E-state index is 0.323. The van der Waals surface area contributed by atoms with Crippen LogP contribution in [-0.4, -0.2) is 11.2 Å². The Labute approximate surface area is 194 Å². The maximum Gasteiger partial charge on any atom is 0.0787 e. The second-order valence-corrected chi connectivity index (χ2v) is 11.6. The van der Waals surface area contributed by atoms with Crippen molar-refractivity contribution in [2.75, 3.05) is 0 Å². The molecule has 31 heavy (non-hydrogen) atoms. The molecule has 4 atom stereocenters. The van der Waals surface area contributed by atoms with Gasteiger partial charge in [-0.15, -0.1) is 0 Å². The van der Waals surface area contributed by atoms with E-state index in [4.69, 9.17) is 0 Å². The van der Waals surface area contributed by atoms with Gasteiger partial charge in [0.15, 0.2) is 0 Å². The van der Waals surface area contributed by atoms with E-state index in [0.717, 1.165) is 42.6 Å². The lowest BCUT2D eigenvalue weighted by Gasteiger charge is -2.43. The zero-order valence-corrected chi connectivity index (χ0v) is 21.9. The molecule has 0 spiro atoms. The first-order valence-electron chi connectivity index (χ1n) is 13.4. The van der Waals surface area contributed by atoms with Crippen molar-refractivity contribution in [2.24, 2.45) is 28.6 Å². The molecule has 178 valence electrons. The van der Waals surface area contributed by atoms with Crippen molar-refractivity contribution in [2.45, 2.75) is 125 Å². The van der Waals surface area contributed by atoms with Crippen molar-refractivity contribution < 1.29 is 5.11 Å². The summed E-state index contributed by atoms with van der Waals surface area (Å²) in [5.74, 6) is 2.44. The van der Waals surface area contributed by atoms with Gasteiger partial charge in [-0.2, -0.15) is 0 Å². The van der Waals surface area contributed by atoms with E-state index in [2.05, 4.69) is 53.3 Å². The molecule has 0 bridgehead atoms. The van der Waals surface area contributed by atoms with Gasteiger partial charge in [-0.25, -0.2) is 0 Å². The van der Waals surface area contributed by atoms with Crippen LogP contribution in [0, 0.1) is 28.6 Å². The number of hydrogen-bond acceptors (Lipinski definition) is 1. The summed E-state index contributed by atoms with van der Waals surface area (Å²) in [7, 11) is 0. The lowest BCUT2D eigenvalue weighted by molar-refractivity contribution is 0.120. The number of aliphatic hydroxyl groups excluding tert-OH is 1. The van der Waals surface area contributed by atoms with Gasteiger partial charge >= 0.3 is 0 Å². The van der Waals surface area contributed by atoms with E-state index in [1.54, 1.807) is 5.57 Å². The van der Waals surface area contributed by atoms with Crippen molar-refractivity contribution >= 4 is 0 Å². The fraction of sp³-hybridized carbons (Fsp3) is 0.800. The maximum absolute atomic E-state index is 10.1. The van der Waals surface area contributed by atoms with Crippen LogP contribution in [0.4, 0.5) is 0 Å². The van der Waals surface area contributed by atoms with Gasteiger partial charge in [0.2, 0.25) is 0 Å². The van der Waals surface area contributed by atoms with Gasteiger partial charge in [0.05, 0.1) is 6.10 Å². The first kappa shape index (κ1) is 26.4. The SMILES string of the molecule is C=C1/C(=C\C=C2/CCCC3(C)C(CCCC(C)(C)C(C)C)CCC23)CCCC1O.CC. The van der Waals surface area contributed by atoms with Crippen LogP contribution in [0.25, 0.3) is 0 Å². The zero-order chi connectivity index (χ0) is 23.2. The Morgan fingerprint density at radius 3 is 2.48 bits per heavy atom. The van der Waals surface area contributed by atoms with Crippen LogP contribution >= 0.6 is 0 Å². The lowest BCUT2D eigenvalue weighted by Crippen LogP contribution is -2.33. The molecule has 1 N–H and O–H groups in total. The van der Waals surface area contributed by atoms with Crippen LogP contribution in [0.15, 0.2) is 35.5 Å². The topological polar surface area (TPSA) is 20.2 Å². The van der Waals surface area contributed by atoms with Crippen LogP contribution in [0.2, 0.25) is 0 Å². The molecule has 0 saturated heterocycles. The molecule has 3 saturated carbocycles. The molecular weight excluding hydrogens is 376 g/mol. The smallest absolute Gasteiger partial charge is 0.0787 e. The van der Waals surface area contributed by atoms with E-state index < -0.39 is 0 Å². The first-order chi connectivity index (χ1) is 14.6. The molecule has 0 heterocycles. The molecule has 0 radical (unpaired) electrons. The van der Waals surface area contributed by atoms with E-state index in [0.29, 0.717) is 10.8 Å². The second-order valence-electron chi connectivity index (χ2n) is 11.6. The zero-order valence-electron chi connectivity index (χ0n) is 21.9. The first-order valence-corrected chi connectivity index (χ1v) is 13.4. The molecule has 3 aliphatic carbocycles. The molecule has 3 fully saturated rings. The van der Waals surface area contributed by atoms with Crippen LogP contribution in [0.3, 0.4) is 0 Å². The molecule has 0 aromatic carbocycles. The minimum atomic E-state index is -0.323. The van der Waals surface area contributed by atoms with Gasteiger partial charge in [-0.05, 0) is 104 Å². The average molecular weight is 429 g/mol. The normalized spacial score (nSPS) is 34.1. The van der Waals surface area contributed by atoms with E-state index in [-0.39, 0.29) is 6.10 Å². The highest BCUT2D eigenvalue weighted by Gasteiger charge is 2.48. The van der Waals surface area contributed by atoms with Gasteiger partial charge in [0.1, 0.15) is 0 Å². The summed E-state index contributed by atoms with van der Waals surface area (Å²) in [4.78, 5) is 0. The molecule has 0 aromatic heterocycles. The van der Waals surface area contributed by atoms with Gasteiger partial charge in [0, 0.05) is 0 Å². The summed E-state index contributed by atoms with van der Waals surface area (Å²) in [5, 5.41) is 10.1. The summed E-state index contributed by atoms with van der Waals surface area (Å²) in [6, 6.07) is 0. The Bertz CT molecular complexity index is 649. The van der Waals surface area contributed by atoms with Crippen LogP contribution < -0.4 is 0 Å².